The van der Waals surface area contributed by atoms with E-state index in [1.165, 1.54) is 0 Å². The van der Waals surface area contributed by atoms with E-state index in [0.29, 0.717) is 6.54 Å². The first-order chi connectivity index (χ1) is 9.48. The first-order valence-electron chi connectivity index (χ1n) is 6.22. The summed E-state index contributed by atoms with van der Waals surface area (Å²) in [5.41, 5.74) is 1.89. The van der Waals surface area contributed by atoms with Crippen LogP contribution in [0.15, 0.2) is 30.8 Å². The summed E-state index contributed by atoms with van der Waals surface area (Å²) >= 11 is 5.39. The third-order valence-electron chi connectivity index (χ3n) is 2.78. The molecule has 20 heavy (non-hydrogen) atoms. The Hall–Kier alpha value is -1.33. The predicted octanol–water partition coefficient (Wildman–Crippen LogP) is 1.99. The zero-order valence-corrected chi connectivity index (χ0v) is 12.7. The lowest BCUT2D eigenvalue weighted by atomic mass is 10.1. The Balaban J connectivity index is 2.46. The summed E-state index contributed by atoms with van der Waals surface area (Å²) in [6.07, 6.45) is 1.67. The van der Waals surface area contributed by atoms with Gasteiger partial charge in [-0.25, -0.2) is 8.42 Å². The third kappa shape index (κ3) is 5.75. The number of halogens is 1. The molecule has 0 aliphatic carbocycles. The molecule has 0 saturated carbocycles. The Morgan fingerprint density at radius 1 is 1.30 bits per heavy atom. The van der Waals surface area contributed by atoms with E-state index in [1.807, 2.05) is 24.3 Å². The Morgan fingerprint density at radius 3 is 2.65 bits per heavy atom. The van der Waals surface area contributed by atoms with E-state index in [0.717, 1.165) is 11.1 Å². The molecule has 0 unspecified atom stereocenters. The number of hydrogen-bond donors (Lipinski definition) is 1. The van der Waals surface area contributed by atoms with Crippen molar-refractivity contribution in [2.45, 2.75) is 13.0 Å². The molecule has 0 aromatic heterocycles. The van der Waals surface area contributed by atoms with Crippen LogP contribution in [-0.2, 0) is 21.2 Å². The Kier molecular flexibility index (Phi) is 6.75. The molecule has 0 spiro atoms. The highest BCUT2D eigenvalue weighted by molar-refractivity contribution is 7.91. The van der Waals surface area contributed by atoms with E-state index in [4.69, 9.17) is 11.6 Å². The molecule has 1 N–H and O–H groups in total. The van der Waals surface area contributed by atoms with Crippen LogP contribution in [0.3, 0.4) is 0 Å². The Morgan fingerprint density at radius 2 is 2.00 bits per heavy atom. The number of carbonyl (C=O) groups is 1. The molecule has 0 fully saturated rings. The normalized spacial score (nSPS) is 11.1. The number of rotatable bonds is 8. The summed E-state index contributed by atoms with van der Waals surface area (Å²) in [4.78, 5) is 11.6. The fourth-order valence-corrected chi connectivity index (χ4v) is 3.29. The molecule has 0 atom stereocenters. The lowest BCUT2D eigenvalue weighted by molar-refractivity contribution is -0.120. The fourth-order valence-electron chi connectivity index (χ4n) is 1.64. The molecule has 0 saturated heterocycles. The summed E-state index contributed by atoms with van der Waals surface area (Å²) < 4.78 is 22.9. The molecule has 1 rings (SSSR count). The average Bonchev–Trinajstić information content (AvgIpc) is 2.43. The van der Waals surface area contributed by atoms with Crippen LogP contribution in [0.5, 0.6) is 0 Å². The van der Waals surface area contributed by atoms with Crippen LogP contribution in [0, 0.1) is 0 Å². The van der Waals surface area contributed by atoms with Gasteiger partial charge in [0.1, 0.15) is 0 Å². The van der Waals surface area contributed by atoms with E-state index >= 15 is 0 Å². The SMILES string of the molecule is C=Cc1ccccc1CNC(=O)CCS(=O)(=O)CCCl. The maximum atomic E-state index is 11.6. The van der Waals surface area contributed by atoms with Crippen molar-refractivity contribution < 1.29 is 13.2 Å². The van der Waals surface area contributed by atoms with Gasteiger partial charge in [-0.05, 0) is 11.1 Å². The first kappa shape index (κ1) is 16.7. The maximum Gasteiger partial charge on any atom is 0.221 e. The summed E-state index contributed by atoms with van der Waals surface area (Å²) in [6, 6.07) is 7.56. The van der Waals surface area contributed by atoms with E-state index in [-0.39, 0.29) is 29.7 Å². The van der Waals surface area contributed by atoms with Crippen LogP contribution in [0.4, 0.5) is 0 Å². The van der Waals surface area contributed by atoms with Gasteiger partial charge in [0.15, 0.2) is 9.84 Å². The maximum absolute atomic E-state index is 11.6. The highest BCUT2D eigenvalue weighted by Crippen LogP contribution is 2.09. The van der Waals surface area contributed by atoms with Crippen LogP contribution in [0.2, 0.25) is 0 Å². The van der Waals surface area contributed by atoms with Crippen molar-refractivity contribution in [1.82, 2.24) is 5.32 Å². The zero-order valence-electron chi connectivity index (χ0n) is 11.1. The quantitative estimate of drug-likeness (QED) is 0.746. The monoisotopic (exact) mass is 315 g/mol. The van der Waals surface area contributed by atoms with Crippen molar-refractivity contribution in [3.05, 3.63) is 42.0 Å². The van der Waals surface area contributed by atoms with Crippen LogP contribution in [0.1, 0.15) is 17.5 Å². The van der Waals surface area contributed by atoms with Crippen LogP contribution in [-0.4, -0.2) is 31.7 Å². The molecule has 1 aromatic rings. The molecule has 0 aliphatic rings. The van der Waals surface area contributed by atoms with Gasteiger partial charge in [-0.2, -0.15) is 0 Å². The minimum absolute atomic E-state index is 0.0462. The summed E-state index contributed by atoms with van der Waals surface area (Å²) in [5.74, 6) is -0.506. The van der Waals surface area contributed by atoms with Gasteiger partial charge in [0.25, 0.3) is 0 Å². The highest BCUT2D eigenvalue weighted by atomic mass is 35.5. The standard InChI is InChI=1S/C14H18ClNO3S/c1-2-12-5-3-4-6-13(12)11-16-14(17)7-9-20(18,19)10-8-15/h2-6H,1,7-11H2,(H,16,17). The summed E-state index contributed by atoms with van der Waals surface area (Å²) in [7, 11) is -3.23. The lowest BCUT2D eigenvalue weighted by Crippen LogP contribution is -2.26. The second kappa shape index (κ2) is 8.07. The van der Waals surface area contributed by atoms with E-state index in [9.17, 15) is 13.2 Å². The van der Waals surface area contributed by atoms with Gasteiger partial charge in [-0.3, -0.25) is 4.79 Å². The van der Waals surface area contributed by atoms with Crippen molar-refractivity contribution in [3.63, 3.8) is 0 Å². The predicted molar refractivity (Wildman–Crippen MR) is 82.4 cm³/mol. The van der Waals surface area contributed by atoms with Crippen molar-refractivity contribution in [3.8, 4) is 0 Å². The van der Waals surface area contributed by atoms with Crippen molar-refractivity contribution in [2.24, 2.45) is 0 Å². The molecular formula is C14H18ClNO3S. The number of sulfone groups is 1. The van der Waals surface area contributed by atoms with Crippen LogP contribution in [0.25, 0.3) is 6.08 Å². The number of benzene rings is 1. The van der Waals surface area contributed by atoms with Crippen molar-refractivity contribution >= 4 is 33.4 Å². The molecule has 0 bridgehead atoms. The third-order valence-corrected chi connectivity index (χ3v) is 4.84. The Labute approximate surface area is 124 Å². The number of nitrogens with one attached hydrogen (secondary N) is 1. The van der Waals surface area contributed by atoms with Gasteiger partial charge < -0.3 is 5.32 Å². The summed E-state index contributed by atoms with van der Waals surface area (Å²) in [5, 5.41) is 2.70. The molecule has 0 radical (unpaired) electrons. The summed E-state index contributed by atoms with van der Waals surface area (Å²) in [6.45, 7) is 4.06. The number of amides is 1. The average molecular weight is 316 g/mol. The van der Waals surface area contributed by atoms with Crippen LogP contribution < -0.4 is 5.32 Å². The van der Waals surface area contributed by atoms with Gasteiger partial charge in [0, 0.05) is 18.8 Å². The van der Waals surface area contributed by atoms with Crippen molar-refractivity contribution in [2.75, 3.05) is 17.4 Å². The van der Waals surface area contributed by atoms with Gasteiger partial charge in [-0.1, -0.05) is 36.9 Å². The second-order valence-electron chi connectivity index (χ2n) is 4.27. The van der Waals surface area contributed by atoms with Crippen LogP contribution >= 0.6 is 11.6 Å². The topological polar surface area (TPSA) is 63.2 Å². The van der Waals surface area contributed by atoms with E-state index < -0.39 is 9.84 Å². The molecule has 1 aromatic carbocycles. The van der Waals surface area contributed by atoms with E-state index in [1.54, 1.807) is 6.08 Å². The number of hydrogen-bond acceptors (Lipinski definition) is 3. The second-order valence-corrected chi connectivity index (χ2v) is 6.95. The van der Waals surface area contributed by atoms with E-state index in [2.05, 4.69) is 11.9 Å². The van der Waals surface area contributed by atoms with Gasteiger partial charge >= 0.3 is 0 Å². The van der Waals surface area contributed by atoms with Gasteiger partial charge in [-0.15, -0.1) is 11.6 Å². The molecule has 1 amide bonds. The molecule has 0 heterocycles. The largest absolute Gasteiger partial charge is 0.352 e. The van der Waals surface area contributed by atoms with Gasteiger partial charge in [0.2, 0.25) is 5.91 Å². The molecular weight excluding hydrogens is 298 g/mol. The number of alkyl halides is 1. The zero-order chi connectivity index (χ0) is 15.0. The number of carbonyl (C=O) groups excluding carboxylic acids is 1. The Bertz CT molecular complexity index is 570. The fraction of sp³-hybridized carbons (Fsp3) is 0.357. The minimum Gasteiger partial charge on any atom is -0.352 e. The van der Waals surface area contributed by atoms with Crippen molar-refractivity contribution in [1.29, 1.82) is 0 Å². The molecule has 0 aliphatic heterocycles. The lowest BCUT2D eigenvalue weighted by Gasteiger charge is -2.08. The first-order valence-corrected chi connectivity index (χ1v) is 8.57. The molecule has 6 heteroatoms. The minimum atomic E-state index is -3.23. The smallest absolute Gasteiger partial charge is 0.221 e. The van der Waals surface area contributed by atoms with Gasteiger partial charge in [0.05, 0.1) is 11.5 Å². The molecule has 4 nitrogen and oxygen atoms in total. The molecule has 110 valence electrons. The highest BCUT2D eigenvalue weighted by Gasteiger charge is 2.12.